The van der Waals surface area contributed by atoms with Crippen LogP contribution in [0.1, 0.15) is 31.6 Å². The quantitative estimate of drug-likeness (QED) is 0.537. The van der Waals surface area contributed by atoms with Crippen LogP contribution in [0.2, 0.25) is 0 Å². The van der Waals surface area contributed by atoms with Crippen LogP contribution in [0.15, 0.2) is 35.0 Å². The van der Waals surface area contributed by atoms with Crippen molar-refractivity contribution in [3.63, 3.8) is 0 Å². The van der Waals surface area contributed by atoms with Gasteiger partial charge in [-0.15, -0.1) is 10.2 Å². The maximum atomic E-state index is 14.4. The molecule has 2 fully saturated rings. The van der Waals surface area contributed by atoms with E-state index >= 15 is 0 Å². The molecule has 0 spiro atoms. The van der Waals surface area contributed by atoms with Gasteiger partial charge < -0.3 is 14.1 Å². The van der Waals surface area contributed by atoms with E-state index in [1.165, 1.54) is 24.9 Å². The van der Waals surface area contributed by atoms with Gasteiger partial charge in [-0.2, -0.15) is 0 Å². The first kappa shape index (κ1) is 20.8. The van der Waals surface area contributed by atoms with Crippen LogP contribution in [0.25, 0.3) is 11.5 Å². The average molecular weight is 441 g/mol. The molecule has 3 aromatic rings. The van der Waals surface area contributed by atoms with E-state index in [9.17, 15) is 8.78 Å². The summed E-state index contributed by atoms with van der Waals surface area (Å²) in [5, 5.41) is 7.59. The highest BCUT2D eigenvalue weighted by Crippen LogP contribution is 2.49. The van der Waals surface area contributed by atoms with Crippen LogP contribution in [-0.2, 0) is 0 Å². The monoisotopic (exact) mass is 441 g/mol. The van der Waals surface area contributed by atoms with E-state index in [1.807, 2.05) is 0 Å². The number of rotatable bonds is 7. The molecule has 2 atom stereocenters. The number of benzene rings is 1. The fraction of sp³-hybridized carbons (Fsp3) is 0.478. The average Bonchev–Trinajstić information content (AvgIpc) is 3.44. The highest BCUT2D eigenvalue weighted by Gasteiger charge is 2.43. The number of piperidine rings is 1. The number of halogens is 2. The molecule has 1 saturated carbocycles. The summed E-state index contributed by atoms with van der Waals surface area (Å²) < 4.78 is 38.5. The van der Waals surface area contributed by atoms with E-state index in [0.717, 1.165) is 38.3 Å². The molecule has 1 aromatic carbocycles. The number of ether oxygens (including phenoxy) is 1. The minimum atomic E-state index is -0.438. The van der Waals surface area contributed by atoms with Gasteiger partial charge in [0.25, 0.3) is 5.89 Å². The first-order valence-corrected chi connectivity index (χ1v) is 11.0. The van der Waals surface area contributed by atoms with E-state index in [-0.39, 0.29) is 11.5 Å². The zero-order chi connectivity index (χ0) is 22.1. The Hall–Kier alpha value is -3.10. The Morgan fingerprint density at radius 3 is 2.59 bits per heavy atom. The lowest BCUT2D eigenvalue weighted by Gasteiger charge is -2.32. The van der Waals surface area contributed by atoms with E-state index in [1.54, 1.807) is 19.1 Å². The third-order valence-electron chi connectivity index (χ3n) is 6.47. The highest BCUT2D eigenvalue weighted by molar-refractivity contribution is 5.55. The maximum absolute atomic E-state index is 14.4. The largest absolute Gasteiger partial charge is 0.493 e. The summed E-state index contributed by atoms with van der Waals surface area (Å²) in [6.07, 6.45) is 6.84. The standard InChI is InChI=1S/C23H25F2N5O2/c1-14-28-29-22(32-14)19-3-2-18(11-21(19)25)31-9-6-16-10-20(16)15-4-7-30(8-5-15)23-26-12-17(24)13-27-23/h2-3,11-13,15-16,20H,4-10H2,1H3. The van der Waals surface area contributed by atoms with Gasteiger partial charge in [0.1, 0.15) is 11.6 Å². The molecule has 2 aliphatic rings. The third kappa shape index (κ3) is 4.56. The van der Waals surface area contributed by atoms with Crippen LogP contribution in [-0.4, -0.2) is 39.9 Å². The first-order valence-electron chi connectivity index (χ1n) is 11.0. The van der Waals surface area contributed by atoms with Crippen LogP contribution >= 0.6 is 0 Å². The van der Waals surface area contributed by atoms with Crippen molar-refractivity contribution in [2.24, 2.45) is 17.8 Å². The van der Waals surface area contributed by atoms with Crippen LogP contribution in [0.5, 0.6) is 5.75 Å². The third-order valence-corrected chi connectivity index (χ3v) is 6.47. The van der Waals surface area contributed by atoms with Gasteiger partial charge in [0.15, 0.2) is 5.82 Å². The van der Waals surface area contributed by atoms with Crippen molar-refractivity contribution in [1.82, 2.24) is 20.2 Å². The lowest BCUT2D eigenvalue weighted by molar-refractivity contribution is 0.283. The summed E-state index contributed by atoms with van der Waals surface area (Å²) in [5.74, 6) is 2.93. The number of anilines is 1. The molecule has 0 N–H and O–H groups in total. The van der Waals surface area contributed by atoms with E-state index in [4.69, 9.17) is 9.15 Å². The molecule has 5 rings (SSSR count). The lowest BCUT2D eigenvalue weighted by atomic mass is 9.90. The smallest absolute Gasteiger partial charge is 0.250 e. The molecule has 168 valence electrons. The predicted molar refractivity (Wildman–Crippen MR) is 113 cm³/mol. The normalized spacial score (nSPS) is 21.0. The summed E-state index contributed by atoms with van der Waals surface area (Å²) in [7, 11) is 0. The maximum Gasteiger partial charge on any atom is 0.250 e. The van der Waals surface area contributed by atoms with Crippen molar-refractivity contribution in [2.75, 3.05) is 24.6 Å². The summed E-state index contributed by atoms with van der Waals surface area (Å²) in [4.78, 5) is 10.3. The minimum absolute atomic E-state index is 0.171. The van der Waals surface area contributed by atoms with Gasteiger partial charge >= 0.3 is 0 Å². The van der Waals surface area contributed by atoms with Crippen molar-refractivity contribution in [3.8, 4) is 17.2 Å². The van der Waals surface area contributed by atoms with Gasteiger partial charge in [0.05, 0.1) is 24.6 Å². The Labute approximate surface area is 184 Å². The Kier molecular flexibility index (Phi) is 5.71. The Morgan fingerprint density at radius 1 is 1.12 bits per heavy atom. The van der Waals surface area contributed by atoms with Gasteiger partial charge in [0, 0.05) is 26.1 Å². The van der Waals surface area contributed by atoms with E-state index in [0.29, 0.717) is 36.0 Å². The summed E-state index contributed by atoms with van der Waals surface area (Å²) >= 11 is 0. The Balaban J connectivity index is 1.06. The van der Waals surface area contributed by atoms with Gasteiger partial charge in [-0.25, -0.2) is 18.7 Å². The van der Waals surface area contributed by atoms with E-state index < -0.39 is 11.6 Å². The molecule has 1 aliphatic heterocycles. The SMILES string of the molecule is Cc1nnc(-c2ccc(OCCC3CC3C3CCN(c4ncc(F)cn4)CC3)cc2F)o1. The molecule has 0 amide bonds. The molecule has 3 heterocycles. The number of aromatic nitrogens is 4. The molecule has 2 unspecified atom stereocenters. The summed E-state index contributed by atoms with van der Waals surface area (Å²) in [6.45, 7) is 4.05. The number of hydrogen-bond donors (Lipinski definition) is 0. The van der Waals surface area contributed by atoms with Gasteiger partial charge in [-0.05, 0) is 55.6 Å². The van der Waals surface area contributed by atoms with Crippen LogP contribution in [0.4, 0.5) is 14.7 Å². The van der Waals surface area contributed by atoms with Crippen molar-refractivity contribution in [3.05, 3.63) is 48.1 Å². The first-order chi connectivity index (χ1) is 15.6. The second-order valence-corrected chi connectivity index (χ2v) is 8.59. The van der Waals surface area contributed by atoms with Crippen molar-refractivity contribution in [2.45, 2.75) is 32.6 Å². The second kappa shape index (κ2) is 8.80. The second-order valence-electron chi connectivity index (χ2n) is 8.59. The molecule has 9 heteroatoms. The van der Waals surface area contributed by atoms with Crippen LogP contribution in [0, 0.1) is 36.3 Å². The number of aryl methyl sites for hydroxylation is 1. The Bertz CT molecular complexity index is 1070. The fourth-order valence-electron chi connectivity index (χ4n) is 4.67. The van der Waals surface area contributed by atoms with E-state index in [2.05, 4.69) is 25.1 Å². The number of hydrogen-bond acceptors (Lipinski definition) is 7. The van der Waals surface area contributed by atoms with Gasteiger partial charge in [0.2, 0.25) is 11.8 Å². The van der Waals surface area contributed by atoms with Crippen molar-refractivity contribution in [1.29, 1.82) is 0 Å². The predicted octanol–water partition coefficient (Wildman–Crippen LogP) is 4.43. The molecular weight excluding hydrogens is 416 g/mol. The molecule has 0 bridgehead atoms. The molecule has 1 aliphatic carbocycles. The van der Waals surface area contributed by atoms with Crippen LogP contribution in [0.3, 0.4) is 0 Å². The molecule has 1 saturated heterocycles. The van der Waals surface area contributed by atoms with Gasteiger partial charge in [-0.1, -0.05) is 0 Å². The zero-order valence-electron chi connectivity index (χ0n) is 17.9. The van der Waals surface area contributed by atoms with Gasteiger partial charge in [-0.3, -0.25) is 0 Å². The molecule has 0 radical (unpaired) electrons. The molecule has 7 nitrogen and oxygen atoms in total. The highest BCUT2D eigenvalue weighted by atomic mass is 19.1. The minimum Gasteiger partial charge on any atom is -0.493 e. The topological polar surface area (TPSA) is 77.2 Å². The fourth-order valence-corrected chi connectivity index (χ4v) is 4.67. The summed E-state index contributed by atoms with van der Waals surface area (Å²) in [6, 6.07) is 4.71. The zero-order valence-corrected chi connectivity index (χ0v) is 17.9. The number of nitrogens with zero attached hydrogens (tertiary/aromatic N) is 5. The van der Waals surface area contributed by atoms with Crippen molar-refractivity contribution >= 4 is 5.95 Å². The van der Waals surface area contributed by atoms with Crippen LogP contribution < -0.4 is 9.64 Å². The molecule has 2 aromatic heterocycles. The van der Waals surface area contributed by atoms with Crippen molar-refractivity contribution < 1.29 is 17.9 Å². The summed E-state index contributed by atoms with van der Waals surface area (Å²) in [5.41, 5.74) is 0.276. The Morgan fingerprint density at radius 2 is 1.91 bits per heavy atom. The molecular formula is C23H25F2N5O2. The lowest BCUT2D eigenvalue weighted by Crippen LogP contribution is -2.35. The molecule has 32 heavy (non-hydrogen) atoms.